The Bertz CT molecular complexity index is 3290. The van der Waals surface area contributed by atoms with Crippen LogP contribution >= 0.6 is 46.4 Å². The number of primary amides is 1. The fraction of sp³-hybridized carbons (Fsp3) is 0.478. The lowest BCUT2D eigenvalue weighted by atomic mass is 9.90. The number of aliphatic imine (C=N–C) groups is 1. The van der Waals surface area contributed by atoms with Gasteiger partial charge in [-0.05, 0) is 84.6 Å². The second-order valence-electron chi connectivity index (χ2n) is 16.3. The van der Waals surface area contributed by atoms with Crippen LogP contribution in [0.1, 0.15) is 118 Å². The number of alkyl halides is 4. The van der Waals surface area contributed by atoms with Crippen molar-refractivity contribution in [1.29, 1.82) is 0 Å². The molecule has 412 valence electrons. The Hall–Kier alpha value is -7.09. The summed E-state index contributed by atoms with van der Waals surface area (Å²) in [7, 11) is 4.34. The standard InChI is InChI=1S/C18H24N6O2.C10H16O.C7H4N6O3.C6H6N6O2.2C2H4Cl2.CH4/c1-12(2)14-8-6-13(7-9-14)5-4-10-19-17(25)15-16-21-22-23(3)18(26)24(16)11-20-15;1-8(2)10-5-3-9(7-11)4-6-10;1-12-7(16)13-2-8-4(5(13)10-11-12)6(15)9-3-14;1-11-6(14)12-2-8-3(4(7)13)5(12)9-10-11;2*3-1-2-4;/h6,11H,4-5,7-10H2,1-3H3,(H,19,25);3,11H,4-7H2,1-2H3;2H,1H3;2H,1H3,(H2,7,13);2*1-2H2;1H4. The minimum atomic E-state index is -0.917. The maximum absolute atomic E-state index is 12.3. The highest BCUT2D eigenvalue weighted by atomic mass is 35.5. The number of isocyanates is 1. The topological polar surface area (TPSA) is 334 Å². The summed E-state index contributed by atoms with van der Waals surface area (Å²) in [5.74, 6) is 0.237. The second-order valence-corrected chi connectivity index (χ2v) is 17.8. The van der Waals surface area contributed by atoms with Crippen LogP contribution in [0.3, 0.4) is 0 Å². The van der Waals surface area contributed by atoms with E-state index >= 15 is 0 Å². The molecule has 0 fully saturated rings. The van der Waals surface area contributed by atoms with E-state index in [0.717, 1.165) is 86.6 Å². The highest BCUT2D eigenvalue weighted by molar-refractivity contribution is 6.26. The molecule has 0 bridgehead atoms. The molecule has 6 aromatic rings. The van der Waals surface area contributed by atoms with Crippen LogP contribution in [0.2, 0.25) is 0 Å². The van der Waals surface area contributed by atoms with Gasteiger partial charge < -0.3 is 16.2 Å². The first-order valence-corrected chi connectivity index (χ1v) is 25.0. The molecule has 26 nitrogen and oxygen atoms in total. The lowest BCUT2D eigenvalue weighted by Crippen LogP contribution is -2.29. The normalized spacial score (nSPS) is 12.4. The number of aromatic nitrogens is 15. The van der Waals surface area contributed by atoms with Gasteiger partial charge in [0.25, 0.3) is 11.8 Å². The predicted octanol–water partition coefficient (Wildman–Crippen LogP) is 3.99. The van der Waals surface area contributed by atoms with E-state index in [1.165, 1.54) is 60.5 Å². The maximum Gasteiger partial charge on any atom is 0.352 e. The van der Waals surface area contributed by atoms with Crippen LogP contribution in [0.15, 0.2) is 83.9 Å². The number of rotatable bonds is 10. The highest BCUT2D eigenvalue weighted by Gasteiger charge is 2.19. The number of imidazole rings is 3. The number of aliphatic hydroxyl groups is 1. The molecule has 0 radical (unpaired) electrons. The Kier molecular flexibility index (Phi) is 28.3. The number of nitrogens with two attached hydrogens (primary N) is 1. The molecule has 0 atom stereocenters. The molecule has 0 saturated heterocycles. The molecule has 4 N–H and O–H groups in total. The van der Waals surface area contributed by atoms with Gasteiger partial charge in [0.15, 0.2) is 34.0 Å². The van der Waals surface area contributed by atoms with Crippen molar-refractivity contribution in [2.75, 3.05) is 36.7 Å². The van der Waals surface area contributed by atoms with Gasteiger partial charge in [-0.25, -0.2) is 47.3 Å². The number of aliphatic hydroxyl groups excluding tert-OH is 1. The van der Waals surface area contributed by atoms with Gasteiger partial charge in [-0.3, -0.25) is 14.4 Å². The summed E-state index contributed by atoms with van der Waals surface area (Å²) in [5, 5.41) is 33.5. The van der Waals surface area contributed by atoms with Crippen molar-refractivity contribution in [1.82, 2.24) is 78.5 Å². The highest BCUT2D eigenvalue weighted by Crippen LogP contribution is 2.27. The molecule has 2 aliphatic carbocycles. The van der Waals surface area contributed by atoms with E-state index < -0.39 is 23.2 Å². The summed E-state index contributed by atoms with van der Waals surface area (Å²) in [5.41, 5.74) is 12.4. The summed E-state index contributed by atoms with van der Waals surface area (Å²) < 4.78 is 6.45. The Morgan fingerprint density at radius 2 is 1.05 bits per heavy atom. The van der Waals surface area contributed by atoms with Crippen molar-refractivity contribution in [3.05, 3.63) is 113 Å². The third-order valence-corrected chi connectivity index (χ3v) is 11.9. The van der Waals surface area contributed by atoms with Crippen LogP contribution in [0, 0.1) is 0 Å². The SMILES string of the molecule is C.CC(C)=C1CC=C(CCCNC(=O)c2ncn3c(=O)n(C)nnc23)CC1.CC(C)=C1CC=C(CO)CC1.ClCCCl.ClCCCl.Cn1nnc2c(C(=O)N=C=O)ncn2c1=O.Cn1nnc2c(C(N)=O)ncn2c1=O. The molecule has 2 aliphatic rings. The van der Waals surface area contributed by atoms with Crippen LogP contribution in [0.4, 0.5) is 0 Å². The quantitative estimate of drug-likeness (QED) is 0.0574. The fourth-order valence-electron chi connectivity index (χ4n) is 6.67. The first kappa shape index (κ1) is 65.0. The van der Waals surface area contributed by atoms with Crippen molar-refractivity contribution >= 4 is 87.1 Å². The van der Waals surface area contributed by atoms with E-state index in [0.29, 0.717) is 30.1 Å². The predicted molar refractivity (Wildman–Crippen MR) is 288 cm³/mol. The Morgan fingerprint density at radius 1 is 0.658 bits per heavy atom. The number of nitrogens with one attached hydrogen (secondary N) is 1. The van der Waals surface area contributed by atoms with Gasteiger partial charge in [0.05, 0.1) is 6.61 Å². The molecule has 0 aromatic carbocycles. The molecule has 6 aromatic heterocycles. The van der Waals surface area contributed by atoms with E-state index in [2.05, 4.69) is 96.0 Å². The molecule has 0 saturated carbocycles. The third kappa shape index (κ3) is 18.6. The number of nitrogens with zero attached hydrogens (tertiary/aromatic N) is 16. The van der Waals surface area contributed by atoms with E-state index in [-0.39, 0.29) is 59.7 Å². The molecular weight excluding hydrogens is 1070 g/mol. The number of fused-ring (bicyclic) bond motifs is 3. The van der Waals surface area contributed by atoms with Gasteiger partial charge in [0.1, 0.15) is 19.0 Å². The molecule has 30 heteroatoms. The Balaban J connectivity index is 0.000000343. The summed E-state index contributed by atoms with van der Waals surface area (Å²) in [6.07, 6.45) is 17.6. The lowest BCUT2D eigenvalue weighted by Gasteiger charge is -2.17. The second kappa shape index (κ2) is 33.1. The maximum atomic E-state index is 12.3. The zero-order valence-electron chi connectivity index (χ0n) is 42.3. The van der Waals surface area contributed by atoms with Gasteiger partial charge in [-0.1, -0.05) is 63.1 Å². The Morgan fingerprint density at radius 3 is 1.42 bits per heavy atom. The van der Waals surface area contributed by atoms with Crippen molar-refractivity contribution in [2.24, 2.45) is 31.9 Å². The lowest BCUT2D eigenvalue weighted by molar-refractivity contribution is 0.0947. The summed E-state index contributed by atoms with van der Waals surface area (Å²) >= 11 is 20.2. The first-order valence-electron chi connectivity index (χ1n) is 22.8. The van der Waals surface area contributed by atoms with Crippen LogP contribution in [-0.2, 0) is 25.9 Å². The minimum Gasteiger partial charge on any atom is -0.392 e. The first-order chi connectivity index (χ1) is 35.8. The number of aryl methyl sites for hydroxylation is 3. The molecule has 0 aliphatic heterocycles. The molecule has 0 unspecified atom stereocenters. The molecule has 76 heavy (non-hydrogen) atoms. The van der Waals surface area contributed by atoms with E-state index in [4.69, 9.17) is 57.2 Å². The molecule has 3 amide bonds. The number of amides is 3. The number of carbonyl (C=O) groups is 3. The number of carbonyl (C=O) groups excluding carboxylic acids is 4. The summed E-state index contributed by atoms with van der Waals surface area (Å²) in [4.78, 5) is 93.3. The van der Waals surface area contributed by atoms with E-state index in [9.17, 15) is 33.6 Å². The zero-order chi connectivity index (χ0) is 55.8. The van der Waals surface area contributed by atoms with Gasteiger partial charge in [-0.15, -0.1) is 66.7 Å². The fourth-order valence-corrected chi connectivity index (χ4v) is 6.67. The van der Waals surface area contributed by atoms with Crippen molar-refractivity contribution in [2.45, 2.75) is 86.5 Å². The molecule has 6 heterocycles. The van der Waals surface area contributed by atoms with Crippen molar-refractivity contribution < 1.29 is 24.3 Å². The number of allylic oxidation sites excluding steroid dienone is 7. The average Bonchev–Trinajstić information content (AvgIpc) is 4.18. The van der Waals surface area contributed by atoms with Gasteiger partial charge in [0, 0.05) is 51.2 Å². The van der Waals surface area contributed by atoms with Crippen LogP contribution in [-0.4, -0.2) is 139 Å². The zero-order valence-corrected chi connectivity index (χ0v) is 45.4. The number of halogens is 4. The average molecular weight is 1140 g/mol. The van der Waals surface area contributed by atoms with Gasteiger partial charge >= 0.3 is 23.0 Å². The monoisotopic (exact) mass is 1130 g/mol. The van der Waals surface area contributed by atoms with E-state index in [1.54, 1.807) is 11.1 Å². The smallest absolute Gasteiger partial charge is 0.352 e. The molecule has 8 rings (SSSR count). The Labute approximate surface area is 456 Å². The third-order valence-electron chi connectivity index (χ3n) is 10.8. The summed E-state index contributed by atoms with van der Waals surface area (Å²) in [6.45, 7) is 9.46. The van der Waals surface area contributed by atoms with Crippen molar-refractivity contribution in [3.63, 3.8) is 0 Å². The molecule has 0 spiro atoms. The van der Waals surface area contributed by atoms with Crippen LogP contribution < -0.4 is 28.1 Å². The van der Waals surface area contributed by atoms with Crippen LogP contribution in [0.25, 0.3) is 16.9 Å². The van der Waals surface area contributed by atoms with Gasteiger partial charge in [-0.2, -0.15) is 14.0 Å². The van der Waals surface area contributed by atoms with Gasteiger partial charge in [0.2, 0.25) is 6.08 Å². The molecular formula is C46H62Cl4N18O8. The summed E-state index contributed by atoms with van der Waals surface area (Å²) in [6, 6.07) is 0. The van der Waals surface area contributed by atoms with Crippen LogP contribution in [0.5, 0.6) is 0 Å². The van der Waals surface area contributed by atoms with E-state index in [1.807, 2.05) is 0 Å². The minimum absolute atomic E-state index is 0. The largest absolute Gasteiger partial charge is 0.392 e. The number of hydrogen-bond donors (Lipinski definition) is 3. The number of hydrogen-bond acceptors (Lipinski definition) is 17. The van der Waals surface area contributed by atoms with Crippen molar-refractivity contribution in [3.8, 4) is 0 Å².